The number of thiophene rings is 1. The minimum atomic E-state index is -1.04. The molecule has 1 N–H and O–H groups in total. The van der Waals surface area contributed by atoms with E-state index in [4.69, 9.17) is 4.74 Å². The zero-order valence-electron chi connectivity index (χ0n) is 18.8. The SMILES string of the molecule is COc1ccc(-n2c(C)cc(C(=O)CN3C(=O)N[C@@]4(CCCc5sccc54)C3=O)c2C)cc1. The molecule has 1 fully saturated rings. The summed E-state index contributed by atoms with van der Waals surface area (Å²) in [7, 11) is 1.62. The van der Waals surface area contributed by atoms with E-state index in [-0.39, 0.29) is 18.2 Å². The Balaban J connectivity index is 1.42. The number of carbonyl (C=O) groups is 3. The van der Waals surface area contributed by atoms with E-state index in [1.807, 2.05) is 60.2 Å². The van der Waals surface area contributed by atoms with Crippen molar-refractivity contribution in [3.8, 4) is 11.4 Å². The molecule has 3 aromatic rings. The van der Waals surface area contributed by atoms with Crippen molar-refractivity contribution in [2.75, 3.05) is 13.7 Å². The molecule has 1 spiro atoms. The van der Waals surface area contributed by atoms with Gasteiger partial charge in [-0.3, -0.25) is 14.5 Å². The molecule has 1 saturated heterocycles. The van der Waals surface area contributed by atoms with Gasteiger partial charge in [-0.25, -0.2) is 4.79 Å². The van der Waals surface area contributed by atoms with Crippen molar-refractivity contribution in [1.82, 2.24) is 14.8 Å². The second kappa shape index (κ2) is 7.88. The average Bonchev–Trinajstić information content (AvgIpc) is 3.47. The van der Waals surface area contributed by atoms with Gasteiger partial charge < -0.3 is 14.6 Å². The lowest BCUT2D eigenvalue weighted by Crippen LogP contribution is -2.46. The summed E-state index contributed by atoms with van der Waals surface area (Å²) in [5.41, 5.74) is 2.91. The van der Waals surface area contributed by atoms with E-state index < -0.39 is 11.6 Å². The van der Waals surface area contributed by atoms with Crippen LogP contribution in [0.5, 0.6) is 5.75 Å². The van der Waals surface area contributed by atoms with Crippen LogP contribution in [0.15, 0.2) is 41.8 Å². The van der Waals surface area contributed by atoms with Gasteiger partial charge in [0.25, 0.3) is 5.91 Å². The first-order valence-electron chi connectivity index (χ1n) is 10.9. The maximum atomic E-state index is 13.4. The number of Topliss-reactive ketones (excluding diaryl/α,β-unsaturated/α-hetero) is 1. The summed E-state index contributed by atoms with van der Waals surface area (Å²) in [5.74, 6) is 0.162. The van der Waals surface area contributed by atoms with Crippen molar-refractivity contribution in [3.63, 3.8) is 0 Å². The highest BCUT2D eigenvalue weighted by atomic mass is 32.1. The Morgan fingerprint density at radius 3 is 2.67 bits per heavy atom. The molecule has 0 radical (unpaired) electrons. The first-order chi connectivity index (χ1) is 15.9. The molecule has 5 rings (SSSR count). The maximum absolute atomic E-state index is 13.4. The largest absolute Gasteiger partial charge is 0.497 e. The van der Waals surface area contributed by atoms with Crippen molar-refractivity contribution in [3.05, 3.63) is 69.2 Å². The molecule has 1 atom stereocenters. The standard InChI is InChI=1S/C25H25N3O4S/c1-15-13-19(16(2)28(15)17-6-8-18(32-3)9-7-17)21(29)14-27-23(30)25(26-24(27)31)11-4-5-22-20(25)10-12-33-22/h6-10,12-13H,4-5,11,14H2,1-3H3,(H,26,31)/t25-/m1/s1. The lowest BCUT2D eigenvalue weighted by atomic mass is 9.80. The molecule has 3 heterocycles. The van der Waals surface area contributed by atoms with Gasteiger partial charge in [-0.1, -0.05) is 0 Å². The summed E-state index contributed by atoms with van der Waals surface area (Å²) in [6.45, 7) is 3.52. The smallest absolute Gasteiger partial charge is 0.325 e. The van der Waals surface area contributed by atoms with Crippen molar-refractivity contribution >= 4 is 29.1 Å². The number of hydrogen-bond acceptors (Lipinski definition) is 5. The van der Waals surface area contributed by atoms with Crippen molar-refractivity contribution < 1.29 is 19.1 Å². The number of ketones is 1. The third-order valence-electron chi connectivity index (χ3n) is 6.70. The lowest BCUT2D eigenvalue weighted by molar-refractivity contribution is -0.131. The number of aryl methyl sites for hydroxylation is 2. The van der Waals surface area contributed by atoms with E-state index in [1.54, 1.807) is 18.4 Å². The molecule has 8 heteroatoms. The molecule has 2 aromatic heterocycles. The fourth-order valence-corrected chi connectivity index (χ4v) is 6.09. The van der Waals surface area contributed by atoms with E-state index >= 15 is 0 Å². The van der Waals surface area contributed by atoms with Gasteiger partial charge in [0.15, 0.2) is 5.78 Å². The zero-order valence-corrected chi connectivity index (χ0v) is 19.6. The molecule has 2 aliphatic rings. The number of urea groups is 1. The highest BCUT2D eigenvalue weighted by Gasteiger charge is 2.54. The van der Waals surface area contributed by atoms with Crippen LogP contribution >= 0.6 is 11.3 Å². The van der Waals surface area contributed by atoms with Gasteiger partial charge in [-0.2, -0.15) is 0 Å². The monoisotopic (exact) mass is 463 g/mol. The Kier molecular flexibility index (Phi) is 5.12. The van der Waals surface area contributed by atoms with Gasteiger partial charge >= 0.3 is 6.03 Å². The molecular formula is C25H25N3O4S. The molecule has 7 nitrogen and oxygen atoms in total. The Morgan fingerprint density at radius 2 is 1.94 bits per heavy atom. The molecule has 33 heavy (non-hydrogen) atoms. The Hall–Kier alpha value is -3.39. The predicted octanol–water partition coefficient (Wildman–Crippen LogP) is 4.13. The van der Waals surface area contributed by atoms with E-state index in [0.29, 0.717) is 12.0 Å². The molecule has 1 aliphatic heterocycles. The van der Waals surface area contributed by atoms with Gasteiger partial charge in [0.2, 0.25) is 0 Å². The van der Waals surface area contributed by atoms with Crippen molar-refractivity contribution in [2.45, 2.75) is 38.6 Å². The van der Waals surface area contributed by atoms with E-state index in [0.717, 1.165) is 51.0 Å². The number of hydrogen-bond donors (Lipinski definition) is 1. The summed E-state index contributed by atoms with van der Waals surface area (Å²) in [6.07, 6.45) is 2.29. The van der Waals surface area contributed by atoms with Crippen LogP contribution in [0.4, 0.5) is 4.79 Å². The summed E-state index contributed by atoms with van der Waals surface area (Å²) < 4.78 is 7.21. The van der Waals surface area contributed by atoms with Gasteiger partial charge in [-0.15, -0.1) is 11.3 Å². The van der Waals surface area contributed by atoms with Crippen molar-refractivity contribution in [2.24, 2.45) is 0 Å². The van der Waals surface area contributed by atoms with E-state index in [9.17, 15) is 14.4 Å². The van der Waals surface area contributed by atoms with E-state index in [2.05, 4.69) is 5.32 Å². The third kappa shape index (κ3) is 3.28. The van der Waals surface area contributed by atoms with Crippen LogP contribution in [0.2, 0.25) is 0 Å². The first kappa shape index (κ1) is 21.5. The highest BCUT2D eigenvalue weighted by Crippen LogP contribution is 2.42. The van der Waals surface area contributed by atoms with Gasteiger partial charge in [0, 0.05) is 33.1 Å². The quantitative estimate of drug-likeness (QED) is 0.456. The second-order valence-electron chi connectivity index (χ2n) is 8.58. The minimum Gasteiger partial charge on any atom is -0.497 e. The molecule has 3 amide bonds. The topological polar surface area (TPSA) is 80.6 Å². The van der Waals surface area contributed by atoms with Gasteiger partial charge in [0.05, 0.1) is 13.7 Å². The van der Waals surface area contributed by atoms with Crippen LogP contribution < -0.4 is 10.1 Å². The molecule has 1 aliphatic carbocycles. The molecule has 0 bridgehead atoms. The zero-order chi connectivity index (χ0) is 23.3. The van der Waals surface area contributed by atoms with Gasteiger partial charge in [-0.05, 0) is 74.9 Å². The number of amides is 3. The molecule has 1 aromatic carbocycles. The number of carbonyl (C=O) groups excluding carboxylic acids is 3. The van der Waals surface area contributed by atoms with Crippen LogP contribution in [0.25, 0.3) is 5.69 Å². The number of imide groups is 1. The maximum Gasteiger partial charge on any atom is 0.325 e. The summed E-state index contributed by atoms with van der Waals surface area (Å²) >= 11 is 1.61. The number of ether oxygens (including phenoxy) is 1. The van der Waals surface area contributed by atoms with E-state index in [1.165, 1.54) is 0 Å². The number of methoxy groups -OCH3 is 1. The van der Waals surface area contributed by atoms with Crippen LogP contribution in [0, 0.1) is 13.8 Å². The Labute approximate surface area is 196 Å². The van der Waals surface area contributed by atoms with Crippen LogP contribution in [0.1, 0.15) is 45.0 Å². The average molecular weight is 464 g/mol. The number of fused-ring (bicyclic) bond motifs is 2. The fourth-order valence-electron chi connectivity index (χ4n) is 5.09. The number of aromatic nitrogens is 1. The van der Waals surface area contributed by atoms with Crippen LogP contribution in [0.3, 0.4) is 0 Å². The normalized spacial score (nSPS) is 19.7. The predicted molar refractivity (Wildman–Crippen MR) is 125 cm³/mol. The Bertz CT molecular complexity index is 1270. The lowest BCUT2D eigenvalue weighted by Gasteiger charge is -2.31. The number of rotatable bonds is 5. The molecule has 170 valence electrons. The summed E-state index contributed by atoms with van der Waals surface area (Å²) in [5, 5.41) is 4.87. The summed E-state index contributed by atoms with van der Waals surface area (Å²) in [6, 6.07) is 10.8. The van der Waals surface area contributed by atoms with Crippen molar-refractivity contribution in [1.29, 1.82) is 0 Å². The Morgan fingerprint density at radius 1 is 1.18 bits per heavy atom. The molecule has 0 unspecified atom stereocenters. The minimum absolute atomic E-state index is 0.259. The third-order valence-corrected chi connectivity index (χ3v) is 7.68. The fraction of sp³-hybridized carbons (Fsp3) is 0.320. The first-order valence-corrected chi connectivity index (χ1v) is 11.8. The van der Waals surface area contributed by atoms with Crippen LogP contribution in [-0.2, 0) is 16.8 Å². The second-order valence-corrected chi connectivity index (χ2v) is 9.58. The number of nitrogens with zero attached hydrogens (tertiary/aromatic N) is 2. The molecular weight excluding hydrogens is 438 g/mol. The highest BCUT2D eigenvalue weighted by molar-refractivity contribution is 7.10. The van der Waals surface area contributed by atoms with Crippen LogP contribution in [-0.4, -0.2) is 40.8 Å². The number of benzene rings is 1. The number of nitrogens with one attached hydrogen (secondary N) is 1. The summed E-state index contributed by atoms with van der Waals surface area (Å²) in [4.78, 5) is 41.7. The molecule has 0 saturated carbocycles. The van der Waals surface area contributed by atoms with Gasteiger partial charge in [0.1, 0.15) is 11.3 Å².